The average Bonchev–Trinajstić information content (AvgIpc) is 2.99. The highest BCUT2D eigenvalue weighted by Gasteiger charge is 2.18. The molecule has 0 aromatic heterocycles. The molecule has 0 fully saturated rings. The molecule has 0 unspecified atom stereocenters. The first-order chi connectivity index (χ1) is 9.77. The van der Waals surface area contributed by atoms with Gasteiger partial charge < -0.3 is 9.84 Å². The van der Waals surface area contributed by atoms with Crippen LogP contribution in [-0.4, -0.2) is 11.7 Å². The fraction of sp³-hybridized carbons (Fsp3) is 0.118. The highest BCUT2D eigenvalue weighted by atomic mass is 16.6. The van der Waals surface area contributed by atoms with E-state index in [1.54, 1.807) is 6.92 Å². The number of aliphatic hydroxyl groups excluding tert-OH is 1. The lowest BCUT2D eigenvalue weighted by Gasteiger charge is -2.11. The van der Waals surface area contributed by atoms with Gasteiger partial charge in [-0.3, -0.25) is 0 Å². The predicted molar refractivity (Wildman–Crippen MR) is 79.5 cm³/mol. The lowest BCUT2D eigenvalue weighted by atomic mass is 9.97. The number of ether oxygens (including phenoxy) is 1. The largest absolute Gasteiger partial charge is 0.489 e. The van der Waals surface area contributed by atoms with Crippen molar-refractivity contribution in [3.63, 3.8) is 0 Å². The summed E-state index contributed by atoms with van der Waals surface area (Å²) in [7, 11) is 0. The monoisotopic (exact) mass is 265 g/mol. The summed E-state index contributed by atoms with van der Waals surface area (Å²) in [6.07, 6.45) is 7.62. The first-order valence-electron chi connectivity index (χ1n) is 6.36. The summed E-state index contributed by atoms with van der Waals surface area (Å²) in [6.45, 7) is 9.44. The Bertz CT molecular complexity index is 629. The Kier molecular flexibility index (Phi) is 4.41. The molecule has 2 rings (SSSR count). The van der Waals surface area contributed by atoms with Crippen molar-refractivity contribution >= 4 is 5.57 Å². The fourth-order valence-corrected chi connectivity index (χ4v) is 2.00. The summed E-state index contributed by atoms with van der Waals surface area (Å²) in [5, 5.41) is 9.96. The van der Waals surface area contributed by atoms with Crippen LogP contribution in [0, 0.1) is 6.57 Å². The number of benzene rings is 1. The van der Waals surface area contributed by atoms with Crippen molar-refractivity contribution in [1.82, 2.24) is 0 Å². The summed E-state index contributed by atoms with van der Waals surface area (Å²) in [5.74, 6) is -0.331. The molecule has 3 heteroatoms. The number of allylic oxidation sites excluding steroid dienone is 6. The van der Waals surface area contributed by atoms with E-state index in [4.69, 9.17) is 11.3 Å². The van der Waals surface area contributed by atoms with Gasteiger partial charge in [-0.2, -0.15) is 0 Å². The minimum atomic E-state index is -0.331. The van der Waals surface area contributed by atoms with Crippen LogP contribution in [0.2, 0.25) is 0 Å². The molecule has 3 nitrogen and oxygen atoms in total. The Morgan fingerprint density at radius 3 is 2.40 bits per heavy atom. The maximum absolute atomic E-state index is 9.96. The Labute approximate surface area is 118 Å². The van der Waals surface area contributed by atoms with E-state index < -0.39 is 0 Å². The maximum Gasteiger partial charge on any atom is 0.279 e. The quantitative estimate of drug-likeness (QED) is 0.652. The summed E-state index contributed by atoms with van der Waals surface area (Å²) in [6, 6.07) is 9.53. The van der Waals surface area contributed by atoms with Crippen molar-refractivity contribution < 1.29 is 9.84 Å². The van der Waals surface area contributed by atoms with E-state index in [-0.39, 0.29) is 11.6 Å². The van der Waals surface area contributed by atoms with Gasteiger partial charge in [0.1, 0.15) is 0 Å². The SMILES string of the molecule is [C-]#[N+]/C(C(=C1C=CC=C1)c1ccccc1)=C(/O)OCC. The molecule has 0 heterocycles. The lowest BCUT2D eigenvalue weighted by Crippen LogP contribution is -1.98. The van der Waals surface area contributed by atoms with Crippen LogP contribution in [0.15, 0.2) is 71.9 Å². The molecule has 0 amide bonds. The Balaban J connectivity index is 2.63. The van der Waals surface area contributed by atoms with E-state index in [0.29, 0.717) is 12.2 Å². The zero-order valence-corrected chi connectivity index (χ0v) is 11.2. The summed E-state index contributed by atoms with van der Waals surface area (Å²) in [4.78, 5) is 3.46. The van der Waals surface area contributed by atoms with Crippen molar-refractivity contribution in [2.24, 2.45) is 0 Å². The molecule has 0 atom stereocenters. The van der Waals surface area contributed by atoms with Gasteiger partial charge in [0.05, 0.1) is 13.2 Å². The number of rotatable bonds is 4. The van der Waals surface area contributed by atoms with E-state index in [1.165, 1.54) is 0 Å². The number of hydrogen-bond donors (Lipinski definition) is 1. The number of aliphatic hydroxyl groups is 1. The van der Waals surface area contributed by atoms with Crippen LogP contribution in [0.4, 0.5) is 0 Å². The molecule has 0 aliphatic heterocycles. The van der Waals surface area contributed by atoms with Gasteiger partial charge in [0.2, 0.25) is 0 Å². The van der Waals surface area contributed by atoms with Gasteiger partial charge in [0.15, 0.2) is 0 Å². The highest BCUT2D eigenvalue weighted by molar-refractivity contribution is 5.86. The first-order valence-corrected chi connectivity index (χ1v) is 6.36. The number of hydrogen-bond acceptors (Lipinski definition) is 2. The molecule has 0 saturated carbocycles. The topological polar surface area (TPSA) is 33.8 Å². The molecule has 1 aliphatic carbocycles. The van der Waals surface area contributed by atoms with Gasteiger partial charge in [-0.1, -0.05) is 54.6 Å². The maximum atomic E-state index is 9.96. The highest BCUT2D eigenvalue weighted by Crippen LogP contribution is 2.32. The molecular weight excluding hydrogens is 250 g/mol. The van der Waals surface area contributed by atoms with E-state index in [0.717, 1.165) is 11.1 Å². The lowest BCUT2D eigenvalue weighted by molar-refractivity contribution is 0.100. The van der Waals surface area contributed by atoms with Crippen molar-refractivity contribution in [3.8, 4) is 0 Å². The molecule has 1 aromatic carbocycles. The van der Waals surface area contributed by atoms with E-state index in [2.05, 4.69) is 4.85 Å². The van der Waals surface area contributed by atoms with E-state index >= 15 is 0 Å². The molecule has 0 saturated heterocycles. The van der Waals surface area contributed by atoms with E-state index in [1.807, 2.05) is 54.6 Å². The third kappa shape index (κ3) is 2.81. The Morgan fingerprint density at radius 2 is 1.85 bits per heavy atom. The second-order valence-electron chi connectivity index (χ2n) is 4.11. The van der Waals surface area contributed by atoms with Crippen LogP contribution >= 0.6 is 0 Å². The fourth-order valence-electron chi connectivity index (χ4n) is 2.00. The smallest absolute Gasteiger partial charge is 0.279 e. The van der Waals surface area contributed by atoms with Crippen molar-refractivity contribution in [1.29, 1.82) is 0 Å². The normalized spacial score (nSPS) is 13.9. The molecule has 0 bridgehead atoms. The minimum absolute atomic E-state index is 0.129. The van der Waals surface area contributed by atoms with Crippen LogP contribution in [0.25, 0.3) is 10.4 Å². The molecule has 20 heavy (non-hydrogen) atoms. The Morgan fingerprint density at radius 1 is 1.20 bits per heavy atom. The minimum Gasteiger partial charge on any atom is -0.489 e. The molecule has 1 aliphatic rings. The van der Waals surface area contributed by atoms with Crippen LogP contribution in [0.3, 0.4) is 0 Å². The van der Waals surface area contributed by atoms with Gasteiger partial charge in [0, 0.05) is 5.57 Å². The second kappa shape index (κ2) is 6.44. The average molecular weight is 265 g/mol. The van der Waals surface area contributed by atoms with Crippen LogP contribution in [0.1, 0.15) is 12.5 Å². The third-order valence-electron chi connectivity index (χ3n) is 2.85. The molecule has 0 spiro atoms. The van der Waals surface area contributed by atoms with Gasteiger partial charge in [-0.05, 0) is 18.1 Å². The van der Waals surface area contributed by atoms with Crippen LogP contribution in [-0.2, 0) is 4.74 Å². The van der Waals surface area contributed by atoms with Gasteiger partial charge >= 0.3 is 0 Å². The molecule has 1 N–H and O–H groups in total. The molecule has 100 valence electrons. The summed E-state index contributed by atoms with van der Waals surface area (Å²) >= 11 is 0. The van der Waals surface area contributed by atoms with Crippen LogP contribution in [0.5, 0.6) is 0 Å². The summed E-state index contributed by atoms with van der Waals surface area (Å²) in [5.41, 5.74) is 2.56. The number of nitrogens with zero attached hydrogens (tertiary/aromatic N) is 1. The van der Waals surface area contributed by atoms with Crippen molar-refractivity contribution in [3.05, 3.63) is 88.8 Å². The van der Waals surface area contributed by atoms with Gasteiger partial charge in [0.25, 0.3) is 11.6 Å². The molecule has 1 aromatic rings. The third-order valence-corrected chi connectivity index (χ3v) is 2.85. The predicted octanol–water partition coefficient (Wildman–Crippen LogP) is 4.25. The van der Waals surface area contributed by atoms with Gasteiger partial charge in [-0.15, -0.1) is 0 Å². The Hall–Kier alpha value is -2.73. The van der Waals surface area contributed by atoms with Crippen LogP contribution < -0.4 is 0 Å². The zero-order valence-electron chi connectivity index (χ0n) is 11.2. The van der Waals surface area contributed by atoms with Crippen molar-refractivity contribution in [2.75, 3.05) is 6.61 Å². The first kappa shape index (κ1) is 13.7. The van der Waals surface area contributed by atoms with Gasteiger partial charge in [-0.25, -0.2) is 4.85 Å². The van der Waals surface area contributed by atoms with E-state index in [9.17, 15) is 5.11 Å². The summed E-state index contributed by atoms with van der Waals surface area (Å²) < 4.78 is 5.10. The zero-order chi connectivity index (χ0) is 14.4. The second-order valence-corrected chi connectivity index (χ2v) is 4.11. The standard InChI is InChI=1S/C17H15NO2/c1-3-20-17(19)16(18-2)15(14-11-7-8-12-14)13-9-5-4-6-10-13/h4-12,19H,3H2,1H3/b17-16-. The molecule has 0 radical (unpaired) electrons. The molecular formula is C17H15NO2. The van der Waals surface area contributed by atoms with Crippen molar-refractivity contribution in [2.45, 2.75) is 6.92 Å².